The number of halogens is 1. The summed E-state index contributed by atoms with van der Waals surface area (Å²) in [5, 5.41) is 20.7. The van der Waals surface area contributed by atoms with E-state index in [-0.39, 0.29) is 42.5 Å². The van der Waals surface area contributed by atoms with Crippen LogP contribution in [0.2, 0.25) is 0 Å². The molecule has 2 aromatic rings. The summed E-state index contributed by atoms with van der Waals surface area (Å²) < 4.78 is 20.4. The molecule has 9 heteroatoms. The number of ether oxygens (including phenoxy) is 1. The van der Waals surface area contributed by atoms with Gasteiger partial charge in [0.1, 0.15) is 6.04 Å². The first-order chi connectivity index (χ1) is 19.3. The van der Waals surface area contributed by atoms with Gasteiger partial charge in [0.25, 0.3) is 0 Å². The molecule has 1 unspecified atom stereocenters. The van der Waals surface area contributed by atoms with Crippen LogP contribution in [-0.4, -0.2) is 60.3 Å². The molecule has 0 spiro atoms. The van der Waals surface area contributed by atoms with Crippen molar-refractivity contribution in [3.8, 4) is 18.1 Å². The van der Waals surface area contributed by atoms with Crippen molar-refractivity contribution in [2.75, 3.05) is 25.2 Å². The SMILES string of the molecule is C#Cc1cccc(C2(NC[C@@H](O)[C@@H]3Cc4ccc(c(F)c4)OCCCCC(=O)NC(CCSC)C(=O)N3)CC2)c1. The Balaban J connectivity index is 1.54. The molecule has 3 atom stereocenters. The van der Waals surface area contributed by atoms with E-state index in [1.165, 1.54) is 6.07 Å². The lowest BCUT2D eigenvalue weighted by atomic mass is 9.98. The topological polar surface area (TPSA) is 99.7 Å². The van der Waals surface area contributed by atoms with Crippen LogP contribution in [0, 0.1) is 18.2 Å². The van der Waals surface area contributed by atoms with Crippen LogP contribution >= 0.6 is 11.8 Å². The van der Waals surface area contributed by atoms with Gasteiger partial charge in [-0.1, -0.05) is 24.1 Å². The third kappa shape index (κ3) is 8.00. The number of terminal acetylenes is 1. The van der Waals surface area contributed by atoms with E-state index < -0.39 is 24.0 Å². The first-order valence-electron chi connectivity index (χ1n) is 13.8. The van der Waals surface area contributed by atoms with E-state index >= 15 is 0 Å². The lowest BCUT2D eigenvalue weighted by molar-refractivity contribution is -0.130. The molecule has 7 nitrogen and oxygen atoms in total. The Bertz CT molecular complexity index is 1230. The predicted molar refractivity (Wildman–Crippen MR) is 156 cm³/mol. The van der Waals surface area contributed by atoms with Crippen molar-refractivity contribution in [2.24, 2.45) is 0 Å². The zero-order valence-corrected chi connectivity index (χ0v) is 23.7. The second kappa shape index (κ2) is 14.0. The number of nitrogens with one attached hydrogen (secondary N) is 3. The standard InChI is InChI=1S/C31H38FN3O4S/c1-3-21-7-6-8-23(17-21)31(13-14-31)33-20-27(36)26-19-22-10-11-28(24(32)18-22)39-15-5-4-9-29(37)34-25(12-16-40-2)30(38)35-26/h1,6-8,10-11,17-18,25-27,33,36H,4-5,9,12-16,19-20H2,2H3,(H,34,37)(H,35,38)/t25?,26-,27+/m0/s1. The highest BCUT2D eigenvalue weighted by Gasteiger charge is 2.44. The summed E-state index contributed by atoms with van der Waals surface area (Å²) >= 11 is 1.59. The molecule has 2 amide bonds. The van der Waals surface area contributed by atoms with Crippen LogP contribution in [0.5, 0.6) is 5.75 Å². The quantitative estimate of drug-likeness (QED) is 0.366. The average molecular weight is 568 g/mol. The van der Waals surface area contributed by atoms with E-state index in [4.69, 9.17) is 11.2 Å². The molecule has 5 rings (SSSR count). The van der Waals surface area contributed by atoms with Gasteiger partial charge < -0.3 is 25.8 Å². The van der Waals surface area contributed by atoms with Gasteiger partial charge in [-0.3, -0.25) is 9.59 Å². The number of carbonyl (C=O) groups excluding carboxylic acids is 2. The van der Waals surface area contributed by atoms with Crippen LogP contribution in [0.3, 0.4) is 0 Å². The first-order valence-corrected chi connectivity index (χ1v) is 15.2. The maximum absolute atomic E-state index is 14.8. The van der Waals surface area contributed by atoms with Gasteiger partial charge in [0.15, 0.2) is 11.6 Å². The van der Waals surface area contributed by atoms with E-state index in [1.807, 2.05) is 30.5 Å². The summed E-state index contributed by atoms with van der Waals surface area (Å²) in [6.45, 7) is 0.496. The normalized spacial score (nSPS) is 21.9. The molecule has 0 aromatic heterocycles. The second-order valence-electron chi connectivity index (χ2n) is 10.5. The van der Waals surface area contributed by atoms with Gasteiger partial charge in [0, 0.05) is 24.1 Å². The Morgan fingerprint density at radius 2 is 2.05 bits per heavy atom. The summed E-state index contributed by atoms with van der Waals surface area (Å²) in [6.07, 6.45) is 10.4. The maximum atomic E-state index is 14.8. The Morgan fingerprint density at radius 1 is 1.23 bits per heavy atom. The van der Waals surface area contributed by atoms with Crippen LogP contribution in [0.1, 0.15) is 55.2 Å². The number of rotatable bonds is 8. The van der Waals surface area contributed by atoms with Crippen molar-refractivity contribution in [1.29, 1.82) is 0 Å². The molecule has 2 heterocycles. The molecule has 0 radical (unpaired) electrons. The third-order valence-electron chi connectivity index (χ3n) is 7.54. The maximum Gasteiger partial charge on any atom is 0.242 e. The zero-order chi connectivity index (χ0) is 28.5. The van der Waals surface area contributed by atoms with Crippen LogP contribution in [0.25, 0.3) is 0 Å². The lowest BCUT2D eigenvalue weighted by Gasteiger charge is -2.29. The van der Waals surface area contributed by atoms with Crippen molar-refractivity contribution >= 4 is 23.6 Å². The minimum atomic E-state index is -0.980. The molecule has 40 heavy (non-hydrogen) atoms. The summed E-state index contributed by atoms with van der Waals surface area (Å²) in [6, 6.07) is 11.1. The van der Waals surface area contributed by atoms with E-state index in [9.17, 15) is 19.1 Å². The fraction of sp³-hybridized carbons (Fsp3) is 0.484. The van der Waals surface area contributed by atoms with Crippen molar-refractivity contribution in [1.82, 2.24) is 16.0 Å². The van der Waals surface area contributed by atoms with Gasteiger partial charge in [-0.2, -0.15) is 11.8 Å². The molecular formula is C31H38FN3O4S. The van der Waals surface area contributed by atoms with Gasteiger partial charge in [0.05, 0.1) is 18.8 Å². The smallest absolute Gasteiger partial charge is 0.242 e. The number of aliphatic hydroxyl groups excluding tert-OH is 1. The molecule has 2 aliphatic heterocycles. The second-order valence-corrected chi connectivity index (χ2v) is 11.5. The van der Waals surface area contributed by atoms with Gasteiger partial charge in [-0.05, 0) is 85.9 Å². The van der Waals surface area contributed by atoms with Gasteiger partial charge in [0.2, 0.25) is 11.8 Å². The molecule has 2 bridgehead atoms. The monoisotopic (exact) mass is 567 g/mol. The molecule has 2 aromatic carbocycles. The highest BCUT2D eigenvalue weighted by molar-refractivity contribution is 7.98. The number of hydrogen-bond donors (Lipinski definition) is 4. The van der Waals surface area contributed by atoms with Crippen LogP contribution in [0.15, 0.2) is 42.5 Å². The van der Waals surface area contributed by atoms with Crippen molar-refractivity contribution < 1.29 is 23.8 Å². The fourth-order valence-corrected chi connectivity index (χ4v) is 5.46. The molecule has 0 saturated heterocycles. The molecule has 3 aliphatic rings. The van der Waals surface area contributed by atoms with Crippen molar-refractivity contribution in [3.05, 3.63) is 65.0 Å². The molecule has 214 valence electrons. The van der Waals surface area contributed by atoms with Gasteiger partial charge in [-0.25, -0.2) is 4.39 Å². The minimum Gasteiger partial charge on any atom is -0.491 e. The summed E-state index contributed by atoms with van der Waals surface area (Å²) in [4.78, 5) is 26.0. The molecular weight excluding hydrogens is 529 g/mol. The molecule has 4 N–H and O–H groups in total. The number of fused-ring (bicyclic) bond motifs is 13. The Labute approximate surface area is 240 Å². The minimum absolute atomic E-state index is 0.144. The summed E-state index contributed by atoms with van der Waals surface area (Å²) in [5.41, 5.74) is 2.20. The number of thioether (sulfide) groups is 1. The lowest BCUT2D eigenvalue weighted by Crippen LogP contribution is -2.55. The van der Waals surface area contributed by atoms with Crippen LogP contribution in [0.4, 0.5) is 4.39 Å². The Morgan fingerprint density at radius 3 is 2.77 bits per heavy atom. The molecule has 1 saturated carbocycles. The fourth-order valence-electron chi connectivity index (χ4n) is 4.99. The highest BCUT2D eigenvalue weighted by atomic mass is 32.2. The average Bonchev–Trinajstić information content (AvgIpc) is 3.75. The number of hydrogen-bond acceptors (Lipinski definition) is 6. The van der Waals surface area contributed by atoms with Crippen LogP contribution in [-0.2, 0) is 21.5 Å². The number of benzene rings is 2. The Kier molecular flexibility index (Phi) is 10.5. The van der Waals surface area contributed by atoms with Crippen LogP contribution < -0.4 is 20.7 Å². The van der Waals surface area contributed by atoms with Gasteiger partial charge in [-0.15, -0.1) is 6.42 Å². The number of aliphatic hydroxyl groups is 1. The van der Waals surface area contributed by atoms with E-state index in [1.54, 1.807) is 23.9 Å². The Hall–Kier alpha value is -3.06. The van der Waals surface area contributed by atoms with E-state index in [0.29, 0.717) is 37.2 Å². The number of amides is 2. The molecule has 1 fully saturated rings. The summed E-state index contributed by atoms with van der Waals surface area (Å²) in [7, 11) is 0. The van der Waals surface area contributed by atoms with Crippen molar-refractivity contribution in [2.45, 2.75) is 68.7 Å². The summed E-state index contributed by atoms with van der Waals surface area (Å²) in [5.74, 6) is 2.42. The highest BCUT2D eigenvalue weighted by Crippen LogP contribution is 2.45. The zero-order valence-electron chi connectivity index (χ0n) is 22.9. The first kappa shape index (κ1) is 29.9. The third-order valence-corrected chi connectivity index (χ3v) is 8.19. The van der Waals surface area contributed by atoms with Crippen molar-refractivity contribution in [3.63, 3.8) is 0 Å². The van der Waals surface area contributed by atoms with Gasteiger partial charge >= 0.3 is 0 Å². The number of carbonyl (C=O) groups is 2. The molecule has 1 aliphatic carbocycles. The van der Waals surface area contributed by atoms with E-state index in [0.717, 1.165) is 24.0 Å². The largest absolute Gasteiger partial charge is 0.491 e. The van der Waals surface area contributed by atoms with E-state index in [2.05, 4.69) is 21.9 Å². The predicted octanol–water partition coefficient (Wildman–Crippen LogP) is 3.27.